The van der Waals surface area contributed by atoms with Crippen LogP contribution in [0.3, 0.4) is 0 Å². The lowest BCUT2D eigenvalue weighted by Crippen LogP contribution is -2.04. The van der Waals surface area contributed by atoms with Crippen molar-refractivity contribution in [3.8, 4) is 0 Å². The largest absolute Gasteiger partial charge is 0.396 e. The van der Waals surface area contributed by atoms with E-state index in [0.29, 0.717) is 0 Å². The Morgan fingerprint density at radius 1 is 1.07 bits per heavy atom. The van der Waals surface area contributed by atoms with Crippen LogP contribution in [-0.4, -0.2) is 23.4 Å². The zero-order valence-corrected chi connectivity index (χ0v) is 9.70. The van der Waals surface area contributed by atoms with Crippen LogP contribution in [0.4, 0.5) is 0 Å². The van der Waals surface area contributed by atoms with Gasteiger partial charge in [0.05, 0.1) is 0 Å². The molecule has 15 heavy (non-hydrogen) atoms. The SMILES string of the molecule is Cc1cc(C(C)CO)ccc1C(C)CO. The standard InChI is InChI=1S/C13H20O2/c1-9-6-12(10(2)7-14)4-5-13(9)11(3)8-15/h4-6,10-11,14-15H,7-8H2,1-3H3. The highest BCUT2D eigenvalue weighted by atomic mass is 16.3. The van der Waals surface area contributed by atoms with E-state index < -0.39 is 0 Å². The molecule has 1 aromatic carbocycles. The lowest BCUT2D eigenvalue weighted by atomic mass is 9.92. The van der Waals surface area contributed by atoms with E-state index in [1.54, 1.807) is 0 Å². The minimum Gasteiger partial charge on any atom is -0.396 e. The Labute approximate surface area is 91.6 Å². The zero-order valence-electron chi connectivity index (χ0n) is 9.70. The van der Waals surface area contributed by atoms with Crippen molar-refractivity contribution in [1.29, 1.82) is 0 Å². The number of rotatable bonds is 4. The van der Waals surface area contributed by atoms with E-state index in [1.807, 2.05) is 19.9 Å². The van der Waals surface area contributed by atoms with Gasteiger partial charge in [0, 0.05) is 25.0 Å². The molecule has 0 aliphatic rings. The minimum atomic E-state index is 0.175. The summed E-state index contributed by atoms with van der Waals surface area (Å²) in [6.07, 6.45) is 0. The number of hydrogen-bond donors (Lipinski definition) is 2. The number of aliphatic hydroxyl groups excluding tert-OH is 2. The fraction of sp³-hybridized carbons (Fsp3) is 0.538. The molecule has 0 radical (unpaired) electrons. The van der Waals surface area contributed by atoms with Crippen molar-refractivity contribution in [1.82, 2.24) is 0 Å². The Kier molecular flexibility index (Phi) is 4.30. The fourth-order valence-corrected chi connectivity index (χ4v) is 1.76. The quantitative estimate of drug-likeness (QED) is 0.796. The average molecular weight is 208 g/mol. The summed E-state index contributed by atoms with van der Waals surface area (Å²) in [6.45, 7) is 6.42. The second-order valence-electron chi connectivity index (χ2n) is 4.28. The second-order valence-corrected chi connectivity index (χ2v) is 4.28. The Morgan fingerprint density at radius 2 is 1.67 bits per heavy atom. The highest BCUT2D eigenvalue weighted by Gasteiger charge is 2.10. The van der Waals surface area contributed by atoms with Crippen LogP contribution in [0.5, 0.6) is 0 Å². The molecule has 0 fully saturated rings. The maximum atomic E-state index is 9.10. The highest BCUT2D eigenvalue weighted by molar-refractivity contribution is 5.34. The molecule has 0 spiro atoms. The molecule has 0 saturated heterocycles. The van der Waals surface area contributed by atoms with E-state index in [1.165, 1.54) is 11.1 Å². The van der Waals surface area contributed by atoms with Crippen LogP contribution in [0, 0.1) is 6.92 Å². The molecule has 0 aromatic heterocycles. The van der Waals surface area contributed by atoms with Gasteiger partial charge in [-0.2, -0.15) is 0 Å². The lowest BCUT2D eigenvalue weighted by Gasteiger charge is -2.15. The van der Waals surface area contributed by atoms with E-state index in [0.717, 1.165) is 5.56 Å². The van der Waals surface area contributed by atoms with Crippen LogP contribution >= 0.6 is 0 Å². The summed E-state index contributed by atoms with van der Waals surface area (Å²) in [5.41, 5.74) is 3.53. The first-order valence-corrected chi connectivity index (χ1v) is 5.42. The summed E-state index contributed by atoms with van der Waals surface area (Å²) >= 11 is 0. The second kappa shape index (κ2) is 5.29. The van der Waals surface area contributed by atoms with Gasteiger partial charge in [0.2, 0.25) is 0 Å². The summed E-state index contributed by atoms with van der Waals surface area (Å²) in [6, 6.07) is 6.19. The van der Waals surface area contributed by atoms with E-state index in [4.69, 9.17) is 10.2 Å². The third-order valence-electron chi connectivity index (χ3n) is 2.94. The molecule has 1 rings (SSSR count). The monoisotopic (exact) mass is 208 g/mol. The van der Waals surface area contributed by atoms with Gasteiger partial charge in [-0.3, -0.25) is 0 Å². The minimum absolute atomic E-state index is 0.175. The van der Waals surface area contributed by atoms with Gasteiger partial charge >= 0.3 is 0 Å². The molecule has 0 amide bonds. The van der Waals surface area contributed by atoms with Crippen LogP contribution in [-0.2, 0) is 0 Å². The zero-order chi connectivity index (χ0) is 11.4. The van der Waals surface area contributed by atoms with Crippen molar-refractivity contribution in [3.63, 3.8) is 0 Å². The van der Waals surface area contributed by atoms with Gasteiger partial charge in [0.1, 0.15) is 0 Å². The van der Waals surface area contributed by atoms with Gasteiger partial charge in [-0.05, 0) is 23.6 Å². The molecule has 2 N–H and O–H groups in total. The first-order chi connectivity index (χ1) is 7.10. The third kappa shape index (κ3) is 2.80. The first-order valence-electron chi connectivity index (χ1n) is 5.42. The Hall–Kier alpha value is -0.860. The summed E-state index contributed by atoms with van der Waals surface area (Å²) in [5, 5.41) is 18.2. The molecular weight excluding hydrogens is 188 g/mol. The number of aliphatic hydroxyl groups is 2. The molecule has 0 heterocycles. The van der Waals surface area contributed by atoms with Gasteiger partial charge in [-0.1, -0.05) is 32.0 Å². The van der Waals surface area contributed by atoms with Crippen molar-refractivity contribution < 1.29 is 10.2 Å². The molecule has 1 aromatic rings. The summed E-state index contributed by atoms with van der Waals surface area (Å²) < 4.78 is 0. The van der Waals surface area contributed by atoms with Crippen molar-refractivity contribution >= 4 is 0 Å². The molecule has 2 unspecified atom stereocenters. The molecule has 0 bridgehead atoms. The fourth-order valence-electron chi connectivity index (χ4n) is 1.76. The first kappa shape index (κ1) is 12.2. The van der Waals surface area contributed by atoms with Crippen molar-refractivity contribution in [2.45, 2.75) is 32.6 Å². The maximum Gasteiger partial charge on any atom is 0.0497 e. The van der Waals surface area contributed by atoms with Crippen LogP contribution in [0.25, 0.3) is 0 Å². The van der Waals surface area contributed by atoms with E-state index in [2.05, 4.69) is 19.1 Å². The van der Waals surface area contributed by atoms with Gasteiger partial charge in [-0.25, -0.2) is 0 Å². The smallest absolute Gasteiger partial charge is 0.0497 e. The lowest BCUT2D eigenvalue weighted by molar-refractivity contribution is 0.271. The summed E-state index contributed by atoms with van der Waals surface area (Å²) in [7, 11) is 0. The molecular formula is C13H20O2. The summed E-state index contributed by atoms with van der Waals surface area (Å²) in [4.78, 5) is 0. The van der Waals surface area contributed by atoms with Gasteiger partial charge in [0.25, 0.3) is 0 Å². The van der Waals surface area contributed by atoms with Crippen molar-refractivity contribution in [3.05, 3.63) is 34.9 Å². The van der Waals surface area contributed by atoms with Crippen LogP contribution in [0.15, 0.2) is 18.2 Å². The van der Waals surface area contributed by atoms with Gasteiger partial charge in [0.15, 0.2) is 0 Å². The molecule has 2 nitrogen and oxygen atoms in total. The van der Waals surface area contributed by atoms with Crippen LogP contribution in [0.1, 0.15) is 42.4 Å². The molecule has 0 aliphatic carbocycles. The van der Waals surface area contributed by atoms with Crippen molar-refractivity contribution in [2.75, 3.05) is 13.2 Å². The highest BCUT2D eigenvalue weighted by Crippen LogP contribution is 2.23. The Morgan fingerprint density at radius 3 is 2.13 bits per heavy atom. The maximum absolute atomic E-state index is 9.10. The normalized spacial score (nSPS) is 15.0. The average Bonchev–Trinajstić information content (AvgIpc) is 2.26. The third-order valence-corrected chi connectivity index (χ3v) is 2.94. The number of aryl methyl sites for hydroxylation is 1. The predicted octanol–water partition coefficient (Wildman–Crippen LogP) is 2.19. The Bertz CT molecular complexity index is 320. The van der Waals surface area contributed by atoms with Crippen LogP contribution < -0.4 is 0 Å². The summed E-state index contributed by atoms with van der Waals surface area (Å²) in [5.74, 6) is 0.366. The van der Waals surface area contributed by atoms with Crippen LogP contribution in [0.2, 0.25) is 0 Å². The molecule has 0 aliphatic heterocycles. The molecule has 84 valence electrons. The van der Waals surface area contributed by atoms with E-state index in [9.17, 15) is 0 Å². The molecule has 2 heteroatoms. The predicted molar refractivity (Wildman–Crippen MR) is 62.2 cm³/mol. The number of benzene rings is 1. The van der Waals surface area contributed by atoms with E-state index in [-0.39, 0.29) is 25.0 Å². The number of hydrogen-bond acceptors (Lipinski definition) is 2. The molecule has 0 saturated carbocycles. The van der Waals surface area contributed by atoms with Gasteiger partial charge < -0.3 is 10.2 Å². The van der Waals surface area contributed by atoms with Crippen molar-refractivity contribution in [2.24, 2.45) is 0 Å². The molecule has 2 atom stereocenters. The Balaban J connectivity index is 2.97. The van der Waals surface area contributed by atoms with Gasteiger partial charge in [-0.15, -0.1) is 0 Å². The van der Waals surface area contributed by atoms with E-state index >= 15 is 0 Å². The topological polar surface area (TPSA) is 40.5 Å².